The molecule has 0 heterocycles. The number of hydrogen-bond donors (Lipinski definition) is 3. The summed E-state index contributed by atoms with van der Waals surface area (Å²) < 4.78 is 13.5. The molecular weight excluding hydrogens is 321 g/mol. The van der Waals surface area contributed by atoms with Crippen LogP contribution in [0.3, 0.4) is 0 Å². The van der Waals surface area contributed by atoms with Crippen LogP contribution in [0.15, 0.2) is 48.5 Å². The number of anilines is 2. The predicted molar refractivity (Wildman–Crippen MR) is 97.2 cm³/mol. The minimum atomic E-state index is -0.420. The molecule has 0 saturated heterocycles. The summed E-state index contributed by atoms with van der Waals surface area (Å²) in [5.41, 5.74) is 0.868. The largest absolute Gasteiger partial charge is 0.374 e. The zero-order chi connectivity index (χ0) is 18.4. The number of rotatable bonds is 5. The molecule has 3 N–H and O–H groups in total. The van der Waals surface area contributed by atoms with Gasteiger partial charge < -0.3 is 16.0 Å². The van der Waals surface area contributed by atoms with Gasteiger partial charge in [0, 0.05) is 16.8 Å². The van der Waals surface area contributed by atoms with E-state index >= 15 is 0 Å². The normalized spacial score (nSPS) is 10.9. The molecule has 2 aromatic carbocycles. The molecule has 5 nitrogen and oxygen atoms in total. The zero-order valence-corrected chi connectivity index (χ0v) is 14.5. The maximum absolute atomic E-state index is 13.5. The lowest BCUT2D eigenvalue weighted by Crippen LogP contribution is -2.40. The highest BCUT2D eigenvalue weighted by Crippen LogP contribution is 2.14. The molecule has 0 bridgehead atoms. The first-order chi connectivity index (χ1) is 11.7. The Morgan fingerprint density at radius 1 is 1.04 bits per heavy atom. The molecule has 0 saturated carbocycles. The number of para-hydroxylation sites is 1. The highest BCUT2D eigenvalue weighted by Gasteiger charge is 2.15. The Hall–Kier alpha value is -2.89. The monoisotopic (exact) mass is 343 g/mol. The van der Waals surface area contributed by atoms with Crippen molar-refractivity contribution in [2.45, 2.75) is 26.3 Å². The standard InChI is InChI=1S/C19H22FN3O2/c1-19(2,3)23-18(25)13-7-6-8-14(11-13)22-17(24)12-21-16-10-5-4-9-15(16)20/h4-11,21H,12H2,1-3H3,(H,22,24)(H,23,25). The predicted octanol–water partition coefficient (Wildman–Crippen LogP) is 3.40. The minimum absolute atomic E-state index is 0.0840. The highest BCUT2D eigenvalue weighted by molar-refractivity contribution is 5.98. The molecule has 0 aliphatic heterocycles. The maximum atomic E-state index is 13.5. The van der Waals surface area contributed by atoms with Crippen LogP contribution in [0, 0.1) is 5.82 Å². The molecule has 0 aromatic heterocycles. The molecule has 0 unspecified atom stereocenters. The molecule has 0 aliphatic carbocycles. The van der Waals surface area contributed by atoms with Crippen LogP contribution in [0.1, 0.15) is 31.1 Å². The molecular formula is C19H22FN3O2. The van der Waals surface area contributed by atoms with Crippen LogP contribution in [0.4, 0.5) is 15.8 Å². The molecule has 2 rings (SSSR count). The van der Waals surface area contributed by atoms with Gasteiger partial charge in [0.15, 0.2) is 0 Å². The average molecular weight is 343 g/mol. The van der Waals surface area contributed by atoms with Gasteiger partial charge >= 0.3 is 0 Å². The first-order valence-corrected chi connectivity index (χ1v) is 7.95. The molecule has 0 radical (unpaired) electrons. The lowest BCUT2D eigenvalue weighted by atomic mass is 10.1. The van der Waals surface area contributed by atoms with Gasteiger partial charge in [0.2, 0.25) is 5.91 Å². The third kappa shape index (κ3) is 5.91. The summed E-state index contributed by atoms with van der Waals surface area (Å²) in [7, 11) is 0. The zero-order valence-electron chi connectivity index (χ0n) is 14.5. The summed E-state index contributed by atoms with van der Waals surface area (Å²) in [4.78, 5) is 24.2. The van der Waals surface area contributed by atoms with Crippen molar-refractivity contribution in [1.82, 2.24) is 5.32 Å². The summed E-state index contributed by atoms with van der Waals surface area (Å²) in [5.74, 6) is -0.971. The second kappa shape index (κ2) is 7.79. The third-order valence-electron chi connectivity index (χ3n) is 3.21. The van der Waals surface area contributed by atoms with E-state index in [0.717, 1.165) is 0 Å². The molecule has 0 atom stereocenters. The van der Waals surface area contributed by atoms with E-state index in [0.29, 0.717) is 11.3 Å². The van der Waals surface area contributed by atoms with Crippen LogP contribution in [-0.2, 0) is 4.79 Å². The fourth-order valence-corrected chi connectivity index (χ4v) is 2.14. The molecule has 2 amide bonds. The molecule has 25 heavy (non-hydrogen) atoms. The highest BCUT2D eigenvalue weighted by atomic mass is 19.1. The van der Waals surface area contributed by atoms with Gasteiger partial charge in [-0.2, -0.15) is 0 Å². The fourth-order valence-electron chi connectivity index (χ4n) is 2.14. The van der Waals surface area contributed by atoms with Crippen LogP contribution in [0.25, 0.3) is 0 Å². The van der Waals surface area contributed by atoms with Gasteiger partial charge in [0.05, 0.1) is 12.2 Å². The van der Waals surface area contributed by atoms with Crippen LogP contribution < -0.4 is 16.0 Å². The Morgan fingerprint density at radius 3 is 2.44 bits per heavy atom. The summed E-state index contributed by atoms with van der Waals surface area (Å²) in [6.45, 7) is 5.60. The number of nitrogens with one attached hydrogen (secondary N) is 3. The number of halogens is 1. The second-order valence-electron chi connectivity index (χ2n) is 6.67. The molecule has 0 fully saturated rings. The molecule has 6 heteroatoms. The fraction of sp³-hybridized carbons (Fsp3) is 0.263. The van der Waals surface area contributed by atoms with Crippen molar-refractivity contribution in [3.63, 3.8) is 0 Å². The number of carbonyl (C=O) groups excluding carboxylic acids is 2. The smallest absolute Gasteiger partial charge is 0.251 e. The van der Waals surface area contributed by atoms with Crippen molar-refractivity contribution in [2.75, 3.05) is 17.2 Å². The van der Waals surface area contributed by atoms with E-state index in [1.807, 2.05) is 20.8 Å². The van der Waals surface area contributed by atoms with Gasteiger partial charge in [-0.25, -0.2) is 4.39 Å². The van der Waals surface area contributed by atoms with E-state index in [2.05, 4.69) is 16.0 Å². The van der Waals surface area contributed by atoms with Gasteiger partial charge in [-0.1, -0.05) is 18.2 Å². The number of amides is 2. The van der Waals surface area contributed by atoms with Gasteiger partial charge in [-0.15, -0.1) is 0 Å². The first kappa shape index (κ1) is 18.4. The average Bonchev–Trinajstić information content (AvgIpc) is 2.53. The van der Waals surface area contributed by atoms with E-state index in [1.165, 1.54) is 6.07 Å². The van der Waals surface area contributed by atoms with Crippen molar-refractivity contribution in [3.05, 3.63) is 59.9 Å². The van der Waals surface area contributed by atoms with Crippen LogP contribution in [-0.4, -0.2) is 23.9 Å². The van der Waals surface area contributed by atoms with Gasteiger partial charge in [0.25, 0.3) is 5.91 Å². The van der Waals surface area contributed by atoms with Crippen LogP contribution in [0.5, 0.6) is 0 Å². The van der Waals surface area contributed by atoms with Crippen molar-refractivity contribution < 1.29 is 14.0 Å². The van der Waals surface area contributed by atoms with Crippen molar-refractivity contribution in [3.8, 4) is 0 Å². The summed E-state index contributed by atoms with van der Waals surface area (Å²) in [5, 5.41) is 8.28. The molecule has 132 valence electrons. The molecule has 0 aliphatic rings. The van der Waals surface area contributed by atoms with E-state index in [-0.39, 0.29) is 29.6 Å². The Bertz CT molecular complexity index is 769. The Labute approximate surface area is 146 Å². The first-order valence-electron chi connectivity index (χ1n) is 7.95. The van der Waals surface area contributed by atoms with Crippen molar-refractivity contribution in [1.29, 1.82) is 0 Å². The van der Waals surface area contributed by atoms with E-state index < -0.39 is 5.82 Å². The van der Waals surface area contributed by atoms with E-state index in [9.17, 15) is 14.0 Å². The van der Waals surface area contributed by atoms with E-state index in [1.54, 1.807) is 42.5 Å². The summed E-state index contributed by atoms with van der Waals surface area (Å²) in [6, 6.07) is 12.8. The Balaban J connectivity index is 1.96. The van der Waals surface area contributed by atoms with Crippen LogP contribution >= 0.6 is 0 Å². The number of carbonyl (C=O) groups is 2. The van der Waals surface area contributed by atoms with Crippen molar-refractivity contribution >= 4 is 23.2 Å². The quantitative estimate of drug-likeness (QED) is 0.779. The van der Waals surface area contributed by atoms with Gasteiger partial charge in [-0.3, -0.25) is 9.59 Å². The Kier molecular flexibility index (Phi) is 5.75. The SMILES string of the molecule is CC(C)(C)NC(=O)c1cccc(NC(=O)CNc2ccccc2F)c1. The topological polar surface area (TPSA) is 70.2 Å². The summed E-state index contributed by atoms with van der Waals surface area (Å²) >= 11 is 0. The summed E-state index contributed by atoms with van der Waals surface area (Å²) in [6.07, 6.45) is 0. The third-order valence-corrected chi connectivity index (χ3v) is 3.21. The van der Waals surface area contributed by atoms with E-state index in [4.69, 9.17) is 0 Å². The maximum Gasteiger partial charge on any atom is 0.251 e. The van der Waals surface area contributed by atoms with Gasteiger partial charge in [0.1, 0.15) is 5.82 Å². The van der Waals surface area contributed by atoms with Crippen LogP contribution in [0.2, 0.25) is 0 Å². The molecule has 2 aromatic rings. The number of benzene rings is 2. The minimum Gasteiger partial charge on any atom is -0.374 e. The lowest BCUT2D eigenvalue weighted by Gasteiger charge is -2.20. The van der Waals surface area contributed by atoms with Gasteiger partial charge in [-0.05, 0) is 51.1 Å². The number of hydrogen-bond acceptors (Lipinski definition) is 3. The van der Waals surface area contributed by atoms with Crippen molar-refractivity contribution in [2.24, 2.45) is 0 Å². The Morgan fingerprint density at radius 2 is 1.76 bits per heavy atom. The molecule has 0 spiro atoms. The lowest BCUT2D eigenvalue weighted by molar-refractivity contribution is -0.114. The second-order valence-corrected chi connectivity index (χ2v) is 6.67.